The molecule has 0 aliphatic rings. The van der Waals surface area contributed by atoms with E-state index >= 15 is 0 Å². The minimum atomic E-state index is -0.650. The second-order valence-electron chi connectivity index (χ2n) is 4.09. The minimum absolute atomic E-state index is 0.335. The molecule has 2 rings (SSSR count). The Morgan fingerprint density at radius 1 is 1.55 bits per heavy atom. The Labute approximate surface area is 121 Å². The summed E-state index contributed by atoms with van der Waals surface area (Å²) in [6, 6.07) is 4.95. The molecule has 0 bridgehead atoms. The van der Waals surface area contributed by atoms with Gasteiger partial charge in [0.2, 0.25) is 0 Å². The fourth-order valence-corrected chi connectivity index (χ4v) is 2.47. The fourth-order valence-electron chi connectivity index (χ4n) is 1.65. The first-order valence-electron chi connectivity index (χ1n) is 6.22. The quantitative estimate of drug-likeness (QED) is 0.621. The third-order valence-corrected chi connectivity index (χ3v) is 3.65. The first-order chi connectivity index (χ1) is 9.63. The van der Waals surface area contributed by atoms with E-state index in [-0.39, 0.29) is 0 Å². The lowest BCUT2D eigenvalue weighted by molar-refractivity contribution is -0.144. The number of fused-ring (bicyclic) bond motifs is 1. The highest BCUT2D eigenvalue weighted by Crippen LogP contribution is 2.23. The molecule has 7 heteroatoms. The maximum Gasteiger partial charge on any atom is 0.323 e. The van der Waals surface area contributed by atoms with Gasteiger partial charge in [-0.25, -0.2) is 4.98 Å². The van der Waals surface area contributed by atoms with Gasteiger partial charge in [-0.3, -0.25) is 4.79 Å². The molecule has 0 radical (unpaired) electrons. The van der Waals surface area contributed by atoms with Crippen molar-refractivity contribution in [2.24, 2.45) is 5.73 Å². The molecule has 0 aliphatic carbocycles. The van der Waals surface area contributed by atoms with E-state index < -0.39 is 12.0 Å². The molecule has 2 aromatic rings. The highest BCUT2D eigenvalue weighted by atomic mass is 32.2. The van der Waals surface area contributed by atoms with Gasteiger partial charge in [0.15, 0.2) is 5.16 Å². The van der Waals surface area contributed by atoms with Crippen molar-refractivity contribution in [2.75, 3.05) is 19.5 Å². The van der Waals surface area contributed by atoms with Gasteiger partial charge in [0, 0.05) is 11.8 Å². The van der Waals surface area contributed by atoms with Gasteiger partial charge in [0.25, 0.3) is 0 Å². The number of benzene rings is 1. The Hall–Kier alpha value is -1.73. The second kappa shape index (κ2) is 6.62. The lowest BCUT2D eigenvalue weighted by atomic mass is 10.3. The largest absolute Gasteiger partial charge is 0.497 e. The maximum atomic E-state index is 11.4. The number of carbonyl (C=O) groups excluding carboxylic acids is 1. The lowest BCUT2D eigenvalue weighted by Crippen LogP contribution is -2.34. The lowest BCUT2D eigenvalue weighted by Gasteiger charge is -2.08. The molecule has 6 nitrogen and oxygen atoms in total. The zero-order chi connectivity index (χ0) is 14.5. The van der Waals surface area contributed by atoms with Gasteiger partial charge in [0.05, 0.1) is 24.8 Å². The van der Waals surface area contributed by atoms with Gasteiger partial charge in [-0.05, 0) is 19.1 Å². The molecule has 1 heterocycles. The summed E-state index contributed by atoms with van der Waals surface area (Å²) in [5, 5.41) is 0.716. The van der Waals surface area contributed by atoms with Crippen LogP contribution >= 0.6 is 11.8 Å². The molecule has 1 unspecified atom stereocenters. The van der Waals surface area contributed by atoms with Crippen molar-refractivity contribution >= 4 is 28.8 Å². The molecular weight excluding hydrogens is 278 g/mol. The summed E-state index contributed by atoms with van der Waals surface area (Å²) in [4.78, 5) is 19.0. The van der Waals surface area contributed by atoms with Crippen LogP contribution in [-0.2, 0) is 9.53 Å². The SMILES string of the molecule is CCOC(=O)C(N)CSc1nc2ccc(OC)cc2[nH]1. The van der Waals surface area contributed by atoms with Crippen LogP contribution in [0.4, 0.5) is 0 Å². The molecule has 20 heavy (non-hydrogen) atoms. The number of carbonyl (C=O) groups is 1. The van der Waals surface area contributed by atoms with Gasteiger partial charge in [0.1, 0.15) is 11.8 Å². The number of aromatic amines is 1. The molecule has 0 saturated carbocycles. The van der Waals surface area contributed by atoms with Crippen molar-refractivity contribution < 1.29 is 14.3 Å². The molecule has 0 fully saturated rings. The van der Waals surface area contributed by atoms with Gasteiger partial charge >= 0.3 is 5.97 Å². The zero-order valence-corrected chi connectivity index (χ0v) is 12.2. The molecule has 1 aromatic carbocycles. The van der Waals surface area contributed by atoms with Crippen LogP contribution in [0.5, 0.6) is 5.75 Å². The average molecular weight is 295 g/mol. The molecule has 1 atom stereocenters. The summed E-state index contributed by atoms with van der Waals surface area (Å²) >= 11 is 1.39. The molecule has 0 spiro atoms. The van der Waals surface area contributed by atoms with Gasteiger partial charge in [-0.15, -0.1) is 0 Å². The number of thioether (sulfide) groups is 1. The highest BCUT2D eigenvalue weighted by Gasteiger charge is 2.15. The van der Waals surface area contributed by atoms with E-state index in [1.54, 1.807) is 14.0 Å². The topological polar surface area (TPSA) is 90.2 Å². The first kappa shape index (κ1) is 14.7. The molecular formula is C13H17N3O3S. The Morgan fingerprint density at radius 2 is 2.35 bits per heavy atom. The molecule has 3 N–H and O–H groups in total. The molecule has 108 valence electrons. The van der Waals surface area contributed by atoms with Crippen LogP contribution in [0.3, 0.4) is 0 Å². The van der Waals surface area contributed by atoms with E-state index in [0.29, 0.717) is 17.5 Å². The van der Waals surface area contributed by atoms with E-state index in [9.17, 15) is 4.79 Å². The van der Waals surface area contributed by atoms with E-state index in [0.717, 1.165) is 16.8 Å². The summed E-state index contributed by atoms with van der Waals surface area (Å²) < 4.78 is 10.0. The van der Waals surface area contributed by atoms with Crippen molar-refractivity contribution in [3.8, 4) is 5.75 Å². The minimum Gasteiger partial charge on any atom is -0.497 e. The van der Waals surface area contributed by atoms with Gasteiger partial charge < -0.3 is 20.2 Å². The predicted octanol–water partition coefficient (Wildman–Crippen LogP) is 1.55. The van der Waals surface area contributed by atoms with Crippen LogP contribution < -0.4 is 10.5 Å². The van der Waals surface area contributed by atoms with E-state index in [1.807, 2.05) is 18.2 Å². The van der Waals surface area contributed by atoms with E-state index in [2.05, 4.69) is 9.97 Å². The fraction of sp³-hybridized carbons (Fsp3) is 0.385. The molecule has 1 aromatic heterocycles. The summed E-state index contributed by atoms with van der Waals surface area (Å²) in [6.07, 6.45) is 0. The van der Waals surface area contributed by atoms with Gasteiger partial charge in [-0.2, -0.15) is 0 Å². The number of nitrogens with zero attached hydrogens (tertiary/aromatic N) is 1. The number of rotatable bonds is 6. The summed E-state index contributed by atoms with van der Waals surface area (Å²) in [5.41, 5.74) is 7.47. The summed E-state index contributed by atoms with van der Waals surface area (Å²) in [6.45, 7) is 2.09. The van der Waals surface area contributed by atoms with E-state index in [4.69, 9.17) is 15.2 Å². The normalized spacial score (nSPS) is 12.3. The van der Waals surface area contributed by atoms with Crippen molar-refractivity contribution in [3.63, 3.8) is 0 Å². The van der Waals surface area contributed by atoms with Crippen molar-refractivity contribution in [2.45, 2.75) is 18.1 Å². The molecule has 0 aliphatic heterocycles. The monoisotopic (exact) mass is 295 g/mol. The number of ether oxygens (including phenoxy) is 2. The van der Waals surface area contributed by atoms with Crippen molar-refractivity contribution in [1.29, 1.82) is 0 Å². The van der Waals surface area contributed by atoms with E-state index in [1.165, 1.54) is 11.8 Å². The number of imidazole rings is 1. The number of esters is 1. The van der Waals surface area contributed by atoms with Crippen LogP contribution in [0, 0.1) is 0 Å². The Kier molecular flexibility index (Phi) is 4.86. The van der Waals surface area contributed by atoms with Crippen LogP contribution in [-0.4, -0.2) is 41.4 Å². The Balaban J connectivity index is 2.01. The summed E-state index contributed by atoms with van der Waals surface area (Å²) in [5.74, 6) is 0.786. The maximum absolute atomic E-state index is 11.4. The predicted molar refractivity (Wildman–Crippen MR) is 78.0 cm³/mol. The highest BCUT2D eigenvalue weighted by molar-refractivity contribution is 7.99. The first-order valence-corrected chi connectivity index (χ1v) is 7.21. The zero-order valence-electron chi connectivity index (χ0n) is 11.4. The number of nitrogens with one attached hydrogen (secondary N) is 1. The summed E-state index contributed by atoms with van der Waals surface area (Å²) in [7, 11) is 1.62. The Morgan fingerprint density at radius 3 is 3.05 bits per heavy atom. The van der Waals surface area contributed by atoms with Crippen LogP contribution in [0.1, 0.15) is 6.92 Å². The smallest absolute Gasteiger partial charge is 0.323 e. The van der Waals surface area contributed by atoms with Crippen molar-refractivity contribution in [3.05, 3.63) is 18.2 Å². The number of H-pyrrole nitrogens is 1. The number of aromatic nitrogens is 2. The number of hydrogen-bond donors (Lipinski definition) is 2. The third-order valence-electron chi connectivity index (χ3n) is 2.66. The molecule has 0 amide bonds. The van der Waals surface area contributed by atoms with Crippen LogP contribution in [0.2, 0.25) is 0 Å². The second-order valence-corrected chi connectivity index (χ2v) is 5.10. The Bertz CT molecular complexity index is 600. The number of hydrogen-bond acceptors (Lipinski definition) is 6. The average Bonchev–Trinajstić information content (AvgIpc) is 2.86. The van der Waals surface area contributed by atoms with Crippen LogP contribution in [0.15, 0.2) is 23.4 Å². The molecule has 0 saturated heterocycles. The third kappa shape index (κ3) is 3.43. The standard InChI is InChI=1S/C13H17N3O3S/c1-3-19-12(17)9(14)7-20-13-15-10-5-4-8(18-2)6-11(10)16-13/h4-6,9H,3,7,14H2,1-2H3,(H,15,16). The van der Waals surface area contributed by atoms with Crippen molar-refractivity contribution in [1.82, 2.24) is 9.97 Å². The number of nitrogens with two attached hydrogens (primary N) is 1. The van der Waals surface area contributed by atoms with Crippen LogP contribution in [0.25, 0.3) is 11.0 Å². The number of methoxy groups -OCH3 is 1. The van der Waals surface area contributed by atoms with Gasteiger partial charge in [-0.1, -0.05) is 11.8 Å².